The third kappa shape index (κ3) is 4.38. The number of carbonyl (C=O) groups excluding carboxylic acids is 1. The normalized spacial score (nSPS) is 10.6. The van der Waals surface area contributed by atoms with Gasteiger partial charge in [0.1, 0.15) is 12.4 Å². The van der Waals surface area contributed by atoms with E-state index in [1.807, 2.05) is 5.10 Å². The SMILES string of the molecule is O=C(Nc1cc(OCC(F)F)cc([N+](=O)[O-])c1)c1n[nH]c([N+](=O)[O-])c1Cl. The third-order valence-corrected chi connectivity index (χ3v) is 3.18. The summed E-state index contributed by atoms with van der Waals surface area (Å²) in [6.45, 7) is -1.01. The van der Waals surface area contributed by atoms with Gasteiger partial charge in [0.2, 0.25) is 0 Å². The van der Waals surface area contributed by atoms with Crippen molar-refractivity contribution >= 4 is 34.7 Å². The van der Waals surface area contributed by atoms with E-state index in [1.54, 1.807) is 0 Å². The number of alkyl halides is 2. The molecule has 14 heteroatoms. The number of non-ortho nitro benzene ring substituents is 1. The number of hydrogen-bond donors (Lipinski definition) is 2. The van der Waals surface area contributed by atoms with Crippen molar-refractivity contribution < 1.29 is 28.2 Å². The summed E-state index contributed by atoms with van der Waals surface area (Å²) in [6.07, 6.45) is -2.81. The number of nitrogens with zero attached hydrogens (tertiary/aromatic N) is 3. The van der Waals surface area contributed by atoms with Crippen molar-refractivity contribution in [3.63, 3.8) is 0 Å². The van der Waals surface area contributed by atoms with Crippen LogP contribution in [-0.2, 0) is 0 Å². The van der Waals surface area contributed by atoms with Gasteiger partial charge in [-0.25, -0.2) is 8.78 Å². The molecule has 1 aromatic carbocycles. The lowest BCUT2D eigenvalue weighted by Crippen LogP contribution is -2.14. The number of carbonyl (C=O) groups is 1. The van der Waals surface area contributed by atoms with Gasteiger partial charge in [0, 0.05) is 12.1 Å². The molecule has 2 N–H and O–H groups in total. The molecular weight excluding hydrogens is 384 g/mol. The lowest BCUT2D eigenvalue weighted by atomic mass is 10.2. The molecule has 138 valence electrons. The monoisotopic (exact) mass is 391 g/mol. The van der Waals surface area contributed by atoms with E-state index in [-0.39, 0.29) is 11.4 Å². The van der Waals surface area contributed by atoms with Gasteiger partial charge in [-0.3, -0.25) is 14.9 Å². The number of aromatic amines is 1. The molecule has 1 amide bonds. The van der Waals surface area contributed by atoms with Crippen molar-refractivity contribution in [3.05, 3.63) is 49.1 Å². The van der Waals surface area contributed by atoms with Crippen LogP contribution in [-0.4, -0.2) is 39.0 Å². The number of amides is 1. The maximum atomic E-state index is 12.2. The largest absolute Gasteiger partial charge is 0.487 e. The van der Waals surface area contributed by atoms with Crippen LogP contribution in [0, 0.1) is 20.2 Å². The summed E-state index contributed by atoms with van der Waals surface area (Å²) in [6, 6.07) is 2.88. The molecule has 0 aliphatic carbocycles. The summed E-state index contributed by atoms with van der Waals surface area (Å²) < 4.78 is 29.1. The van der Waals surface area contributed by atoms with Crippen LogP contribution in [0.4, 0.5) is 26.0 Å². The second kappa shape index (κ2) is 7.69. The molecular formula is C12H8ClF2N5O6. The quantitative estimate of drug-likeness (QED) is 0.543. The van der Waals surface area contributed by atoms with Crippen LogP contribution < -0.4 is 10.1 Å². The van der Waals surface area contributed by atoms with Crippen molar-refractivity contribution in [2.24, 2.45) is 0 Å². The second-order valence-electron chi connectivity index (χ2n) is 4.62. The maximum Gasteiger partial charge on any atom is 0.362 e. The molecule has 0 atom stereocenters. The van der Waals surface area contributed by atoms with Gasteiger partial charge in [-0.05, 0) is 4.92 Å². The highest BCUT2D eigenvalue weighted by Crippen LogP contribution is 2.29. The number of hydrogen-bond acceptors (Lipinski definition) is 7. The average Bonchev–Trinajstić information content (AvgIpc) is 2.94. The lowest BCUT2D eigenvalue weighted by molar-refractivity contribution is -0.389. The fourth-order valence-corrected chi connectivity index (χ4v) is 2.02. The Hall–Kier alpha value is -3.35. The third-order valence-electron chi connectivity index (χ3n) is 2.82. The fourth-order valence-electron chi connectivity index (χ4n) is 1.78. The summed E-state index contributed by atoms with van der Waals surface area (Å²) >= 11 is 5.67. The molecule has 1 heterocycles. The summed E-state index contributed by atoms with van der Waals surface area (Å²) in [5, 5.41) is 28.5. The number of ether oxygens (including phenoxy) is 1. The van der Waals surface area contributed by atoms with Gasteiger partial charge in [-0.2, -0.15) is 0 Å². The van der Waals surface area contributed by atoms with E-state index in [9.17, 15) is 33.8 Å². The number of H-pyrrole nitrogens is 1. The molecule has 2 rings (SSSR count). The summed E-state index contributed by atoms with van der Waals surface area (Å²) in [4.78, 5) is 32.0. The Morgan fingerprint density at radius 2 is 2.00 bits per heavy atom. The predicted octanol–water partition coefficient (Wildman–Crippen LogP) is 2.78. The van der Waals surface area contributed by atoms with Crippen LogP contribution in [0.15, 0.2) is 18.2 Å². The second-order valence-corrected chi connectivity index (χ2v) is 5.00. The van der Waals surface area contributed by atoms with Crippen molar-refractivity contribution in [2.75, 3.05) is 11.9 Å². The molecule has 0 aliphatic heterocycles. The van der Waals surface area contributed by atoms with Gasteiger partial charge in [-0.1, -0.05) is 16.7 Å². The first-order chi connectivity index (χ1) is 12.2. The zero-order valence-electron chi connectivity index (χ0n) is 12.4. The van der Waals surface area contributed by atoms with Crippen LogP contribution in [0.3, 0.4) is 0 Å². The Morgan fingerprint density at radius 1 is 1.31 bits per heavy atom. The molecule has 0 spiro atoms. The van der Waals surface area contributed by atoms with Crippen molar-refractivity contribution in [1.82, 2.24) is 10.2 Å². The number of anilines is 1. The molecule has 0 aliphatic rings. The number of halogens is 3. The van der Waals surface area contributed by atoms with E-state index >= 15 is 0 Å². The number of benzene rings is 1. The summed E-state index contributed by atoms with van der Waals surface area (Å²) in [5.74, 6) is -2.01. The van der Waals surface area contributed by atoms with Crippen molar-refractivity contribution in [3.8, 4) is 5.75 Å². The highest BCUT2D eigenvalue weighted by atomic mass is 35.5. The minimum absolute atomic E-state index is 0.185. The van der Waals surface area contributed by atoms with E-state index < -0.39 is 51.0 Å². The lowest BCUT2D eigenvalue weighted by Gasteiger charge is -2.08. The first kappa shape index (κ1) is 19.0. The number of nitrogens with one attached hydrogen (secondary N) is 2. The molecule has 26 heavy (non-hydrogen) atoms. The molecule has 0 saturated carbocycles. The number of nitro benzene ring substituents is 1. The summed E-state index contributed by atoms with van der Waals surface area (Å²) in [7, 11) is 0. The van der Waals surface area contributed by atoms with Gasteiger partial charge in [0.25, 0.3) is 18.0 Å². The average molecular weight is 392 g/mol. The highest BCUT2D eigenvalue weighted by Gasteiger charge is 2.25. The Labute approximate surface area is 147 Å². The van der Waals surface area contributed by atoms with Crippen LogP contribution in [0.25, 0.3) is 0 Å². The van der Waals surface area contributed by atoms with Crippen LogP contribution >= 0.6 is 11.6 Å². The molecule has 0 fully saturated rings. The van der Waals surface area contributed by atoms with Gasteiger partial charge in [-0.15, -0.1) is 5.10 Å². The fraction of sp³-hybridized carbons (Fsp3) is 0.167. The van der Waals surface area contributed by atoms with Crippen molar-refractivity contribution in [2.45, 2.75) is 6.43 Å². The minimum Gasteiger partial charge on any atom is -0.487 e. The van der Waals surface area contributed by atoms with Crippen molar-refractivity contribution in [1.29, 1.82) is 0 Å². The molecule has 0 radical (unpaired) electrons. The van der Waals surface area contributed by atoms with E-state index in [4.69, 9.17) is 16.3 Å². The van der Waals surface area contributed by atoms with Gasteiger partial charge >= 0.3 is 5.82 Å². The van der Waals surface area contributed by atoms with Gasteiger partial charge < -0.3 is 20.2 Å². The Morgan fingerprint density at radius 3 is 2.54 bits per heavy atom. The first-order valence-electron chi connectivity index (χ1n) is 6.59. The van der Waals surface area contributed by atoms with E-state index in [2.05, 4.69) is 10.4 Å². The van der Waals surface area contributed by atoms with Gasteiger partial charge in [0.05, 0.1) is 16.7 Å². The molecule has 2 aromatic rings. The number of rotatable bonds is 7. The predicted molar refractivity (Wildman–Crippen MR) is 82.8 cm³/mol. The standard InChI is InChI=1S/C12H8ClF2N5O6/c13-9-10(17-18-11(9)20(24)25)12(21)16-5-1-6(19(22)23)3-7(2-5)26-4-8(14)15/h1-3,8H,4H2,(H,16,21)(H,17,18). The van der Waals surface area contributed by atoms with Crippen LogP contribution in [0.5, 0.6) is 5.75 Å². The van der Waals surface area contributed by atoms with Crippen LogP contribution in [0.1, 0.15) is 10.5 Å². The molecule has 0 bridgehead atoms. The first-order valence-corrected chi connectivity index (χ1v) is 6.97. The smallest absolute Gasteiger partial charge is 0.362 e. The van der Waals surface area contributed by atoms with Gasteiger partial charge in [0.15, 0.2) is 10.7 Å². The molecule has 0 unspecified atom stereocenters. The van der Waals surface area contributed by atoms with Crippen LogP contribution in [0.2, 0.25) is 5.02 Å². The Kier molecular flexibility index (Phi) is 5.61. The molecule has 11 nitrogen and oxygen atoms in total. The Bertz CT molecular complexity index is 874. The molecule has 0 saturated heterocycles. The van der Waals surface area contributed by atoms with E-state index in [0.29, 0.717) is 0 Å². The zero-order valence-corrected chi connectivity index (χ0v) is 13.2. The molecule has 1 aromatic heterocycles. The van der Waals surface area contributed by atoms with E-state index in [0.717, 1.165) is 18.2 Å². The summed E-state index contributed by atoms with van der Waals surface area (Å²) in [5.41, 5.74) is -1.25. The number of nitro groups is 2. The maximum absolute atomic E-state index is 12.2. The minimum atomic E-state index is -2.81. The highest BCUT2D eigenvalue weighted by molar-refractivity contribution is 6.35. The zero-order chi connectivity index (χ0) is 19.4. The topological polar surface area (TPSA) is 153 Å². The Balaban J connectivity index is 2.28. The van der Waals surface area contributed by atoms with E-state index in [1.165, 1.54) is 0 Å². The number of aromatic nitrogens is 2.